The van der Waals surface area contributed by atoms with Crippen molar-refractivity contribution < 1.29 is 18.4 Å². The summed E-state index contributed by atoms with van der Waals surface area (Å²) in [7, 11) is 0. The van der Waals surface area contributed by atoms with E-state index in [0.717, 1.165) is 0 Å². The second-order valence-corrected chi connectivity index (χ2v) is 6.48. The quantitative estimate of drug-likeness (QED) is 0.691. The van der Waals surface area contributed by atoms with Crippen molar-refractivity contribution in [2.75, 3.05) is 26.2 Å². The smallest absolute Gasteiger partial charge is 0.289 e. The molecule has 0 bridgehead atoms. The van der Waals surface area contributed by atoms with Crippen molar-refractivity contribution in [3.63, 3.8) is 0 Å². The Labute approximate surface area is 160 Å². The van der Waals surface area contributed by atoms with Crippen LogP contribution in [0, 0.1) is 0 Å². The molecular weight excluding hydrogens is 370 g/mol. The molecule has 1 aromatic carbocycles. The van der Waals surface area contributed by atoms with Gasteiger partial charge in [0.1, 0.15) is 0 Å². The third-order valence-electron chi connectivity index (χ3n) is 4.47. The zero-order valence-corrected chi connectivity index (χ0v) is 15.1. The Kier molecular flexibility index (Phi) is 4.68. The Morgan fingerprint density at radius 3 is 2.30 bits per heavy atom. The predicted octanol–water partition coefficient (Wildman–Crippen LogP) is 3.19. The minimum Gasteiger partial charge on any atom is -0.459 e. The van der Waals surface area contributed by atoms with Crippen molar-refractivity contribution in [2.24, 2.45) is 0 Å². The van der Waals surface area contributed by atoms with Gasteiger partial charge in [0.05, 0.1) is 11.3 Å². The molecule has 0 saturated carbocycles. The first-order chi connectivity index (χ1) is 13.1. The van der Waals surface area contributed by atoms with E-state index < -0.39 is 0 Å². The number of furan rings is 1. The molecule has 27 heavy (non-hydrogen) atoms. The molecule has 2 aromatic heterocycles. The highest BCUT2D eigenvalue weighted by Gasteiger charge is 2.29. The first kappa shape index (κ1) is 17.4. The van der Waals surface area contributed by atoms with Crippen molar-refractivity contribution in [1.29, 1.82) is 0 Å². The van der Waals surface area contributed by atoms with Crippen LogP contribution in [0.3, 0.4) is 0 Å². The highest BCUT2D eigenvalue weighted by Crippen LogP contribution is 2.30. The van der Waals surface area contributed by atoms with Gasteiger partial charge in [-0.05, 0) is 24.3 Å². The minimum absolute atomic E-state index is 0.176. The van der Waals surface area contributed by atoms with Crippen LogP contribution in [0.1, 0.15) is 21.0 Å². The molecule has 8 heteroatoms. The molecule has 1 fully saturated rings. The van der Waals surface area contributed by atoms with Crippen molar-refractivity contribution in [3.8, 4) is 11.3 Å². The number of nitrogens with zero attached hydrogens (tertiary/aromatic N) is 3. The number of rotatable bonds is 3. The largest absolute Gasteiger partial charge is 0.459 e. The van der Waals surface area contributed by atoms with Crippen LogP contribution in [0.15, 0.2) is 57.9 Å². The summed E-state index contributed by atoms with van der Waals surface area (Å²) in [4.78, 5) is 32.7. The van der Waals surface area contributed by atoms with E-state index in [-0.39, 0.29) is 17.5 Å². The number of carbonyl (C=O) groups is 2. The molecule has 1 saturated heterocycles. The number of aromatic nitrogens is 1. The fraction of sp³-hybridized carbons (Fsp3) is 0.211. The standard InChI is InChI=1S/C19H16ClN3O4/c20-14-5-2-1-4-13(14)17-16(21-12-27-17)19(25)23-9-7-22(8-10-23)18(24)15-6-3-11-26-15/h1-6,11-12H,7-10H2. The van der Waals surface area contributed by atoms with Gasteiger partial charge in [-0.3, -0.25) is 9.59 Å². The molecule has 0 N–H and O–H groups in total. The third kappa shape index (κ3) is 3.33. The predicted molar refractivity (Wildman–Crippen MR) is 97.5 cm³/mol. The molecule has 138 valence electrons. The fourth-order valence-corrected chi connectivity index (χ4v) is 3.27. The maximum Gasteiger partial charge on any atom is 0.289 e. The molecular formula is C19H16ClN3O4. The van der Waals surface area contributed by atoms with Crippen molar-refractivity contribution in [3.05, 3.63) is 65.5 Å². The summed E-state index contributed by atoms with van der Waals surface area (Å²) in [5.41, 5.74) is 0.834. The summed E-state index contributed by atoms with van der Waals surface area (Å²) in [5, 5.41) is 0.483. The van der Waals surface area contributed by atoms with Crippen LogP contribution in [-0.4, -0.2) is 52.8 Å². The van der Waals surface area contributed by atoms with Gasteiger partial charge in [0.15, 0.2) is 23.6 Å². The zero-order chi connectivity index (χ0) is 18.8. The van der Waals surface area contributed by atoms with Crippen LogP contribution < -0.4 is 0 Å². The number of hydrogen-bond donors (Lipinski definition) is 0. The maximum atomic E-state index is 12.9. The number of hydrogen-bond acceptors (Lipinski definition) is 5. The number of halogens is 1. The highest BCUT2D eigenvalue weighted by atomic mass is 35.5. The van der Waals surface area contributed by atoms with Crippen LogP contribution in [-0.2, 0) is 0 Å². The van der Waals surface area contributed by atoms with Crippen LogP contribution in [0.5, 0.6) is 0 Å². The number of amides is 2. The number of carbonyl (C=O) groups excluding carboxylic acids is 2. The van der Waals surface area contributed by atoms with E-state index in [1.54, 1.807) is 40.1 Å². The number of piperazine rings is 1. The molecule has 7 nitrogen and oxygen atoms in total. The van der Waals surface area contributed by atoms with Crippen LogP contribution in [0.4, 0.5) is 0 Å². The van der Waals surface area contributed by atoms with Crippen molar-refractivity contribution in [1.82, 2.24) is 14.8 Å². The molecule has 0 atom stereocenters. The topological polar surface area (TPSA) is 79.8 Å². The lowest BCUT2D eigenvalue weighted by Gasteiger charge is -2.34. The normalized spacial score (nSPS) is 14.4. The lowest BCUT2D eigenvalue weighted by atomic mass is 10.1. The molecule has 0 spiro atoms. The summed E-state index contributed by atoms with van der Waals surface area (Å²) in [6.45, 7) is 1.65. The van der Waals surface area contributed by atoms with Gasteiger partial charge >= 0.3 is 0 Å². The molecule has 0 unspecified atom stereocenters. The van der Waals surface area contributed by atoms with Gasteiger partial charge in [0.25, 0.3) is 11.8 Å². The summed E-state index contributed by atoms with van der Waals surface area (Å²) >= 11 is 6.22. The molecule has 3 heterocycles. The van der Waals surface area contributed by atoms with Crippen LogP contribution >= 0.6 is 11.6 Å². The van der Waals surface area contributed by atoms with Gasteiger partial charge in [-0.15, -0.1) is 0 Å². The molecule has 1 aliphatic heterocycles. The lowest BCUT2D eigenvalue weighted by Crippen LogP contribution is -2.50. The average molecular weight is 386 g/mol. The SMILES string of the molecule is O=C(c1ccco1)N1CCN(C(=O)c2ncoc2-c2ccccc2Cl)CC1. The number of oxazole rings is 1. The molecule has 0 aliphatic carbocycles. The Hall–Kier alpha value is -3.06. The summed E-state index contributed by atoms with van der Waals surface area (Å²) in [6, 6.07) is 10.4. The van der Waals surface area contributed by atoms with Crippen molar-refractivity contribution in [2.45, 2.75) is 0 Å². The minimum atomic E-state index is -0.247. The highest BCUT2D eigenvalue weighted by molar-refractivity contribution is 6.33. The van der Waals surface area contributed by atoms with Gasteiger partial charge in [-0.25, -0.2) is 4.98 Å². The monoisotopic (exact) mass is 385 g/mol. The van der Waals surface area contributed by atoms with Gasteiger partial charge in [-0.2, -0.15) is 0 Å². The summed E-state index contributed by atoms with van der Waals surface area (Å²) < 4.78 is 10.6. The Morgan fingerprint density at radius 2 is 1.63 bits per heavy atom. The van der Waals surface area contributed by atoms with Crippen LogP contribution in [0.2, 0.25) is 5.02 Å². The Morgan fingerprint density at radius 1 is 0.926 bits per heavy atom. The third-order valence-corrected chi connectivity index (χ3v) is 4.80. The summed E-state index contributed by atoms with van der Waals surface area (Å²) in [6.07, 6.45) is 2.70. The van der Waals surface area contributed by atoms with E-state index in [9.17, 15) is 9.59 Å². The van der Waals surface area contributed by atoms with Gasteiger partial charge < -0.3 is 18.6 Å². The van der Waals surface area contributed by atoms with E-state index in [4.69, 9.17) is 20.4 Å². The Bertz CT molecular complexity index is 959. The van der Waals surface area contributed by atoms with Gasteiger partial charge in [0, 0.05) is 31.7 Å². The molecule has 0 radical (unpaired) electrons. The molecule has 3 aromatic rings. The molecule has 4 rings (SSSR count). The first-order valence-electron chi connectivity index (χ1n) is 8.45. The average Bonchev–Trinajstić information content (AvgIpc) is 3.39. The zero-order valence-electron chi connectivity index (χ0n) is 14.3. The molecule has 1 aliphatic rings. The van der Waals surface area contributed by atoms with Crippen molar-refractivity contribution >= 4 is 23.4 Å². The molecule has 2 amide bonds. The maximum absolute atomic E-state index is 12.9. The van der Waals surface area contributed by atoms with Gasteiger partial charge in [0.2, 0.25) is 0 Å². The van der Waals surface area contributed by atoms with Crippen LogP contribution in [0.25, 0.3) is 11.3 Å². The lowest BCUT2D eigenvalue weighted by molar-refractivity contribution is 0.0515. The van der Waals surface area contributed by atoms with Gasteiger partial charge in [-0.1, -0.05) is 23.7 Å². The fourth-order valence-electron chi connectivity index (χ4n) is 3.05. The van der Waals surface area contributed by atoms with E-state index >= 15 is 0 Å². The first-order valence-corrected chi connectivity index (χ1v) is 8.83. The van der Waals surface area contributed by atoms with E-state index in [2.05, 4.69) is 4.98 Å². The Balaban J connectivity index is 1.47. The van der Waals surface area contributed by atoms with E-state index in [1.165, 1.54) is 12.7 Å². The second kappa shape index (κ2) is 7.28. The second-order valence-electron chi connectivity index (χ2n) is 6.07. The number of benzene rings is 1. The van der Waals surface area contributed by atoms with E-state index in [0.29, 0.717) is 48.3 Å². The summed E-state index contributed by atoms with van der Waals surface area (Å²) in [5.74, 6) is 0.223. The van der Waals surface area contributed by atoms with E-state index in [1.807, 2.05) is 6.07 Å².